The first-order valence-corrected chi connectivity index (χ1v) is 31.5. The fourth-order valence-electron chi connectivity index (χ4n) is 12.7. The summed E-state index contributed by atoms with van der Waals surface area (Å²) in [6.45, 7) is 16.6. The summed E-state index contributed by atoms with van der Waals surface area (Å²) in [6, 6.07) is -2.13. The number of ether oxygens (including phenoxy) is 8. The van der Waals surface area contributed by atoms with Gasteiger partial charge in [-0.25, -0.2) is 9.59 Å². The van der Waals surface area contributed by atoms with Crippen molar-refractivity contribution in [3.8, 4) is 0 Å². The minimum atomic E-state index is -2.47. The number of ketones is 2. The van der Waals surface area contributed by atoms with E-state index in [0.29, 0.717) is 122 Å². The second-order valence-electron chi connectivity index (χ2n) is 24.7. The van der Waals surface area contributed by atoms with Gasteiger partial charge in [0.15, 0.2) is 5.78 Å². The zero-order chi connectivity index (χ0) is 63.1. The molecule has 4 aliphatic heterocycles. The summed E-state index contributed by atoms with van der Waals surface area (Å²) in [5.74, 6) is -7.95. The molecule has 3 saturated heterocycles. The third-order valence-corrected chi connectivity index (χ3v) is 18.1. The molecule has 0 aromatic carbocycles. The first-order chi connectivity index (χ1) is 41.0. The van der Waals surface area contributed by atoms with E-state index in [9.17, 15) is 44.1 Å². The number of esters is 1. The predicted octanol–water partition coefficient (Wildman–Crippen LogP) is 5.03. The number of carbonyl (C=O) groups excluding carboxylic acids is 6. The van der Waals surface area contributed by atoms with Gasteiger partial charge in [-0.1, -0.05) is 64.2 Å². The number of methoxy groups -OCH3 is 3. The number of carbonyl (C=O) groups is 6. The molecular formula is C64H105N5O17. The molecule has 22 nitrogen and oxygen atoms in total. The second kappa shape index (κ2) is 36.3. The molecule has 5 aliphatic rings. The average molecular weight is 1220 g/mol. The fraction of sp³-hybridized carbons (Fsp3) is 0.781. The van der Waals surface area contributed by atoms with Crippen molar-refractivity contribution in [2.45, 2.75) is 211 Å². The number of nitrogens with zero attached hydrogens (tertiary/aromatic N) is 2. The van der Waals surface area contributed by atoms with Gasteiger partial charge in [0.05, 0.1) is 50.8 Å². The lowest BCUT2D eigenvalue weighted by Gasteiger charge is -2.43. The topological polar surface area (TPSA) is 294 Å². The third kappa shape index (κ3) is 21.7. The summed E-state index contributed by atoms with van der Waals surface area (Å²) in [5.41, 5.74) is 8.34. The number of cyclic esters (lactones) is 1. The average Bonchev–Trinajstić information content (AvgIpc) is 1.12. The van der Waals surface area contributed by atoms with Crippen LogP contribution in [0.15, 0.2) is 47.6 Å². The number of allylic oxidation sites excluding steroid dienone is 5. The van der Waals surface area contributed by atoms with Gasteiger partial charge in [-0.05, 0) is 121 Å². The molecule has 16 atom stereocenters. The normalized spacial score (nSPS) is 35.6. The molecule has 2 bridgehead atoms. The largest absolute Gasteiger partial charge is 0.459 e. The maximum absolute atomic E-state index is 14.8. The highest BCUT2D eigenvalue weighted by Gasteiger charge is 2.53. The molecule has 3 amide bonds. The molecule has 4 heterocycles. The van der Waals surface area contributed by atoms with Crippen molar-refractivity contribution >= 4 is 35.4 Å². The van der Waals surface area contributed by atoms with E-state index in [-0.39, 0.29) is 56.1 Å². The van der Waals surface area contributed by atoms with Crippen molar-refractivity contribution in [1.29, 1.82) is 0 Å². The van der Waals surface area contributed by atoms with E-state index in [4.69, 9.17) is 43.6 Å². The number of likely N-dealkylation sites (tertiary alicyclic amines) is 1. The molecule has 4 fully saturated rings. The number of piperidine rings is 2. The zero-order valence-electron chi connectivity index (χ0n) is 53.0. The summed E-state index contributed by atoms with van der Waals surface area (Å²) in [7, 11) is 4.63. The van der Waals surface area contributed by atoms with E-state index in [1.54, 1.807) is 41.1 Å². The van der Waals surface area contributed by atoms with Gasteiger partial charge in [-0.15, -0.1) is 0 Å². The molecule has 86 heavy (non-hydrogen) atoms. The van der Waals surface area contributed by atoms with Gasteiger partial charge < -0.3 is 74.5 Å². The van der Waals surface area contributed by atoms with Crippen molar-refractivity contribution in [2.75, 3.05) is 80.5 Å². The van der Waals surface area contributed by atoms with Crippen LogP contribution in [0.3, 0.4) is 0 Å². The van der Waals surface area contributed by atoms with Crippen LogP contribution < -0.4 is 16.4 Å². The first-order valence-electron chi connectivity index (χ1n) is 31.5. The van der Waals surface area contributed by atoms with E-state index in [1.165, 1.54) is 12.0 Å². The Balaban J connectivity index is 1.31. The standard InChI is InChI=1S/C64H105N5O17/c1-11-82-31-32-83-30-26-66-56(70)39-68-28-24-47(25-29-68)67-63(77)85-51-23-21-46(36-55(51)81-10)35-49(65)54-38-53(80-9)42(4)34-44(6)58(72)59(73)57(71)43(5)33-40(2)17-13-12-14-18-41(3)52(79-8)37-48-22-20-45(7)64(78,86-48)60(74)61(75)69-27-16-15-19-50(69)62(76)84-54/h12-14,17-18,34,40,42-43,45-55,58-59,72-73,78H,11,15-16,19-33,35-39,65H2,1-10H3,(H,66,70)(H,67,77)/b14-12+,17-13+,41-18+,44-34+/t40-,42-,43-,45-,46+,48+,49-,50+,51-,52+,53-,54+,55-,58-,59+,64-/m1/s1. The Kier molecular flexibility index (Phi) is 30.5. The Morgan fingerprint density at radius 2 is 1.51 bits per heavy atom. The van der Waals surface area contributed by atoms with E-state index in [2.05, 4.69) is 15.5 Å². The molecule has 488 valence electrons. The van der Waals surface area contributed by atoms with E-state index < -0.39 is 114 Å². The second-order valence-corrected chi connectivity index (χ2v) is 24.7. The van der Waals surface area contributed by atoms with Crippen LogP contribution >= 0.6 is 0 Å². The van der Waals surface area contributed by atoms with Crippen LogP contribution in [0, 0.1) is 29.6 Å². The molecule has 1 aliphatic carbocycles. The van der Waals surface area contributed by atoms with Crippen molar-refractivity contribution in [1.82, 2.24) is 20.4 Å². The number of amides is 3. The Bertz CT molecular complexity index is 2290. The van der Waals surface area contributed by atoms with Crippen LogP contribution in [-0.4, -0.2) is 214 Å². The molecular weight excluding hydrogens is 1110 g/mol. The minimum Gasteiger partial charge on any atom is -0.459 e. The van der Waals surface area contributed by atoms with Crippen molar-refractivity contribution in [3.63, 3.8) is 0 Å². The van der Waals surface area contributed by atoms with E-state index in [0.717, 1.165) is 5.57 Å². The lowest BCUT2D eigenvalue weighted by molar-refractivity contribution is -0.265. The fourth-order valence-corrected chi connectivity index (χ4v) is 12.7. The van der Waals surface area contributed by atoms with Crippen LogP contribution in [0.4, 0.5) is 4.79 Å². The summed E-state index contributed by atoms with van der Waals surface area (Å²) in [5, 5.41) is 40.6. The minimum absolute atomic E-state index is 0.0457. The molecule has 22 heteroatoms. The van der Waals surface area contributed by atoms with Crippen molar-refractivity contribution in [2.24, 2.45) is 35.3 Å². The predicted molar refractivity (Wildman–Crippen MR) is 322 cm³/mol. The van der Waals surface area contributed by atoms with Crippen LogP contribution in [0.25, 0.3) is 0 Å². The first kappa shape index (κ1) is 72.3. The maximum Gasteiger partial charge on any atom is 0.407 e. The zero-order valence-corrected chi connectivity index (χ0v) is 53.0. The highest BCUT2D eigenvalue weighted by Crippen LogP contribution is 2.38. The van der Waals surface area contributed by atoms with Crippen molar-refractivity contribution < 1.29 is 82.0 Å². The summed E-state index contributed by atoms with van der Waals surface area (Å²) in [4.78, 5) is 86.4. The molecule has 5 rings (SSSR count). The van der Waals surface area contributed by atoms with Gasteiger partial charge in [0.25, 0.3) is 11.7 Å². The number of fused-ring (bicyclic) bond motifs is 3. The number of alkyl carbamates (subject to hydrolysis) is 1. The number of aliphatic hydroxyl groups excluding tert-OH is 2. The highest BCUT2D eigenvalue weighted by atomic mass is 16.6. The van der Waals surface area contributed by atoms with Crippen LogP contribution in [-0.2, 0) is 61.9 Å². The smallest absolute Gasteiger partial charge is 0.407 e. The van der Waals surface area contributed by atoms with Crippen LogP contribution in [0.5, 0.6) is 0 Å². The molecule has 1 saturated carbocycles. The van der Waals surface area contributed by atoms with E-state index >= 15 is 0 Å². The van der Waals surface area contributed by atoms with Gasteiger partial charge >= 0.3 is 12.1 Å². The van der Waals surface area contributed by atoms with Gasteiger partial charge in [0.2, 0.25) is 11.7 Å². The molecule has 0 radical (unpaired) electrons. The van der Waals surface area contributed by atoms with Gasteiger partial charge in [0, 0.05) is 96.8 Å². The molecule has 0 aromatic rings. The number of nitrogens with one attached hydrogen (secondary N) is 2. The lowest BCUT2D eigenvalue weighted by Crippen LogP contribution is -2.61. The molecule has 0 unspecified atom stereocenters. The lowest BCUT2D eigenvalue weighted by atomic mass is 9.80. The van der Waals surface area contributed by atoms with Crippen molar-refractivity contribution in [3.05, 3.63) is 47.6 Å². The monoisotopic (exact) mass is 1220 g/mol. The Labute approximate surface area is 510 Å². The van der Waals surface area contributed by atoms with Gasteiger partial charge in [0.1, 0.15) is 30.5 Å². The van der Waals surface area contributed by atoms with Crippen LogP contribution in [0.2, 0.25) is 0 Å². The summed E-state index contributed by atoms with van der Waals surface area (Å²) < 4.78 is 47.2. The molecule has 0 spiro atoms. The number of aliphatic hydroxyl groups is 3. The number of hydrogen-bond donors (Lipinski definition) is 6. The van der Waals surface area contributed by atoms with Gasteiger partial charge in [-0.2, -0.15) is 0 Å². The Morgan fingerprint density at radius 3 is 2.21 bits per heavy atom. The molecule has 7 N–H and O–H groups in total. The highest BCUT2D eigenvalue weighted by molar-refractivity contribution is 6.39. The number of rotatable bonds is 17. The summed E-state index contributed by atoms with van der Waals surface area (Å²) in [6.07, 6.45) is 9.63. The van der Waals surface area contributed by atoms with E-state index in [1.807, 2.05) is 58.1 Å². The number of nitrogens with two attached hydrogens (primary N) is 1. The van der Waals surface area contributed by atoms with Gasteiger partial charge in [-0.3, -0.25) is 24.1 Å². The summed E-state index contributed by atoms with van der Waals surface area (Å²) >= 11 is 0. The molecule has 0 aromatic heterocycles. The SMILES string of the molecule is CCOCCOCCNC(=O)CN1CCC(NC(=O)O[C@@H]2CC[C@@H](C[C@@H](N)[C@@H]3C[C@@H](OC)[C@H](C)/C=C(\C)[C@@H](O)[C@@H](O)C(=O)[C@H](C)C[C@H](C)/C=C/C=C/C=C(\C)[C@@H](OC)C[C@@H]4CC[C@@H](C)[C@@](O)(O4)C(=O)C(=O)N4CCCC[C@H]4C(=O)O3)C[C@H]2OC)CC1. The third-order valence-electron chi connectivity index (χ3n) is 18.1. The van der Waals surface area contributed by atoms with Crippen LogP contribution in [0.1, 0.15) is 138 Å². The maximum atomic E-state index is 14.8. The number of hydrogen-bond acceptors (Lipinski definition) is 19. The Hall–Kier alpha value is -4.46. The quantitative estimate of drug-likeness (QED) is 0.0482. The number of Topliss-reactive ketones (excluding diaryl/α,β-unsaturated/α-hetero) is 2. The Morgan fingerprint density at radius 1 is 0.791 bits per heavy atom.